The van der Waals surface area contributed by atoms with Crippen molar-refractivity contribution < 1.29 is 28.5 Å². The lowest BCUT2D eigenvalue weighted by molar-refractivity contribution is 0.0549. The number of carbonyl (C=O) groups is 2. The zero-order valence-corrected chi connectivity index (χ0v) is 22.4. The van der Waals surface area contributed by atoms with Gasteiger partial charge in [-0.25, -0.2) is 14.3 Å². The monoisotopic (exact) mass is 536 g/mol. The number of para-hydroxylation sites is 1. The highest BCUT2D eigenvalue weighted by Crippen LogP contribution is 2.36. The Bertz CT molecular complexity index is 1670. The van der Waals surface area contributed by atoms with Gasteiger partial charge in [-0.1, -0.05) is 60.7 Å². The summed E-state index contributed by atoms with van der Waals surface area (Å²) in [5, 5.41) is 6.91. The van der Waals surface area contributed by atoms with E-state index in [-0.39, 0.29) is 17.0 Å². The second-order valence-corrected chi connectivity index (χ2v) is 8.82. The Balaban J connectivity index is 1.58. The number of methoxy groups -OCH3 is 2. The van der Waals surface area contributed by atoms with Gasteiger partial charge in [0.1, 0.15) is 17.9 Å². The van der Waals surface area contributed by atoms with Crippen molar-refractivity contribution in [1.82, 2.24) is 9.78 Å². The van der Waals surface area contributed by atoms with Gasteiger partial charge in [0, 0.05) is 5.56 Å². The zero-order chi connectivity index (χ0) is 28.1. The summed E-state index contributed by atoms with van der Waals surface area (Å²) in [7, 11) is 2.50. The van der Waals surface area contributed by atoms with E-state index in [2.05, 4.69) is 23.3 Å². The molecule has 0 bridgehead atoms. The van der Waals surface area contributed by atoms with Crippen LogP contribution in [0.25, 0.3) is 27.7 Å². The summed E-state index contributed by atoms with van der Waals surface area (Å²) in [6.07, 6.45) is 0. The van der Waals surface area contributed by atoms with E-state index in [4.69, 9.17) is 18.9 Å². The van der Waals surface area contributed by atoms with E-state index < -0.39 is 11.9 Å². The van der Waals surface area contributed by atoms with E-state index in [1.807, 2.05) is 49.4 Å². The number of fused-ring (bicyclic) bond motifs is 1. The molecule has 0 amide bonds. The minimum Gasteiger partial charge on any atom is -0.490 e. The fourth-order valence-electron chi connectivity index (χ4n) is 4.57. The molecule has 0 aliphatic rings. The van der Waals surface area contributed by atoms with Crippen LogP contribution in [-0.4, -0.2) is 42.5 Å². The molecule has 0 radical (unpaired) electrons. The van der Waals surface area contributed by atoms with Crippen LogP contribution in [0, 0.1) is 0 Å². The number of hydrogen-bond acceptors (Lipinski definition) is 7. The molecule has 0 saturated carbocycles. The van der Waals surface area contributed by atoms with Gasteiger partial charge in [-0.3, -0.25) is 0 Å². The lowest BCUT2D eigenvalue weighted by atomic mass is 10.0. The van der Waals surface area contributed by atoms with Gasteiger partial charge in [0.15, 0.2) is 17.2 Å². The Kier molecular flexibility index (Phi) is 7.77. The molecule has 8 heteroatoms. The lowest BCUT2D eigenvalue weighted by Gasteiger charge is -2.14. The predicted molar refractivity (Wildman–Crippen MR) is 151 cm³/mol. The quantitative estimate of drug-likeness (QED) is 0.206. The molecule has 8 nitrogen and oxygen atoms in total. The summed E-state index contributed by atoms with van der Waals surface area (Å²) < 4.78 is 23.6. The van der Waals surface area contributed by atoms with E-state index in [1.54, 1.807) is 30.3 Å². The van der Waals surface area contributed by atoms with Crippen LogP contribution in [0.1, 0.15) is 33.3 Å². The molecule has 0 unspecified atom stereocenters. The van der Waals surface area contributed by atoms with Gasteiger partial charge in [-0.15, -0.1) is 0 Å². The first-order chi connectivity index (χ1) is 19.5. The van der Waals surface area contributed by atoms with Gasteiger partial charge in [0.2, 0.25) is 0 Å². The maximum atomic E-state index is 13.0. The highest BCUT2D eigenvalue weighted by atomic mass is 16.5. The van der Waals surface area contributed by atoms with Gasteiger partial charge in [0.05, 0.1) is 26.5 Å². The summed E-state index contributed by atoms with van der Waals surface area (Å²) in [6, 6.07) is 28.5. The molecule has 0 aliphatic carbocycles. The van der Waals surface area contributed by atoms with E-state index in [0.717, 1.165) is 16.3 Å². The molecule has 0 aliphatic heterocycles. The molecule has 40 heavy (non-hydrogen) atoms. The number of nitrogens with zero attached hydrogens (tertiary/aromatic N) is 2. The largest absolute Gasteiger partial charge is 0.490 e. The van der Waals surface area contributed by atoms with Gasteiger partial charge >= 0.3 is 11.9 Å². The van der Waals surface area contributed by atoms with Crippen molar-refractivity contribution in [3.63, 3.8) is 0 Å². The van der Waals surface area contributed by atoms with Gasteiger partial charge in [-0.2, -0.15) is 5.10 Å². The van der Waals surface area contributed by atoms with Crippen LogP contribution in [0.2, 0.25) is 0 Å². The normalized spacial score (nSPS) is 10.8. The topological polar surface area (TPSA) is 88.9 Å². The first kappa shape index (κ1) is 26.5. The number of benzene rings is 4. The summed E-state index contributed by atoms with van der Waals surface area (Å²) in [6.45, 7) is 2.60. The number of ether oxygens (including phenoxy) is 4. The smallest absolute Gasteiger partial charge is 0.357 e. The molecular weight excluding hydrogens is 508 g/mol. The maximum absolute atomic E-state index is 13.0. The van der Waals surface area contributed by atoms with E-state index in [9.17, 15) is 9.59 Å². The first-order valence-electron chi connectivity index (χ1n) is 12.8. The second-order valence-electron chi connectivity index (χ2n) is 8.82. The van der Waals surface area contributed by atoms with Crippen LogP contribution in [-0.2, 0) is 16.1 Å². The minimum absolute atomic E-state index is 0.00919. The van der Waals surface area contributed by atoms with Crippen molar-refractivity contribution in [3.05, 3.63) is 108 Å². The maximum Gasteiger partial charge on any atom is 0.357 e. The Morgan fingerprint density at radius 2 is 1.50 bits per heavy atom. The summed E-state index contributed by atoms with van der Waals surface area (Å²) in [5.41, 5.74) is 2.37. The summed E-state index contributed by atoms with van der Waals surface area (Å²) in [4.78, 5) is 25.9. The highest BCUT2D eigenvalue weighted by molar-refractivity contribution is 6.07. The molecule has 1 aromatic heterocycles. The molecule has 4 aromatic carbocycles. The summed E-state index contributed by atoms with van der Waals surface area (Å²) in [5.74, 6) is -0.423. The minimum atomic E-state index is -0.719. The van der Waals surface area contributed by atoms with Crippen molar-refractivity contribution in [2.24, 2.45) is 0 Å². The van der Waals surface area contributed by atoms with Crippen LogP contribution in [0.3, 0.4) is 0 Å². The van der Waals surface area contributed by atoms with Crippen molar-refractivity contribution in [2.45, 2.75) is 13.5 Å². The Labute approximate surface area is 231 Å². The number of rotatable bonds is 9. The van der Waals surface area contributed by atoms with Crippen LogP contribution in [0.15, 0.2) is 91.0 Å². The van der Waals surface area contributed by atoms with E-state index >= 15 is 0 Å². The Morgan fingerprint density at radius 1 is 0.775 bits per heavy atom. The third-order valence-electron chi connectivity index (χ3n) is 6.43. The number of hydrogen-bond donors (Lipinski definition) is 0. The SMILES string of the molecule is CCOc1cc(-c2nn(-c3ccccc3)c(C(=O)OC)c2C(=O)OC)ccc1OCc1cccc2ccccc12. The van der Waals surface area contributed by atoms with Gasteiger partial charge in [-0.05, 0) is 53.6 Å². The Morgan fingerprint density at radius 3 is 2.25 bits per heavy atom. The van der Waals surface area contributed by atoms with Crippen LogP contribution < -0.4 is 9.47 Å². The molecule has 0 spiro atoms. The molecule has 0 atom stereocenters. The number of esters is 2. The van der Waals surface area contributed by atoms with Crippen molar-refractivity contribution in [2.75, 3.05) is 20.8 Å². The third kappa shape index (κ3) is 5.11. The van der Waals surface area contributed by atoms with Crippen LogP contribution >= 0.6 is 0 Å². The molecule has 1 heterocycles. The number of aromatic nitrogens is 2. The molecule has 5 aromatic rings. The standard InChI is InChI=1S/C32H28N2O6/c1-4-39-27-19-22(17-18-26(27)40-20-23-13-10-12-21-11-8-9-16-25(21)23)29-28(31(35)37-2)30(32(36)38-3)34(33-29)24-14-6-5-7-15-24/h5-19H,4,20H2,1-3H3. The fourth-order valence-corrected chi connectivity index (χ4v) is 4.57. The predicted octanol–water partition coefficient (Wildman–Crippen LogP) is 6.24. The van der Waals surface area contributed by atoms with Gasteiger partial charge < -0.3 is 18.9 Å². The van der Waals surface area contributed by atoms with E-state index in [1.165, 1.54) is 18.9 Å². The molecule has 0 N–H and O–H groups in total. The molecule has 5 rings (SSSR count). The third-order valence-corrected chi connectivity index (χ3v) is 6.43. The average molecular weight is 537 g/mol. The Hall–Kier alpha value is -5.11. The molecular formula is C32H28N2O6. The molecule has 0 saturated heterocycles. The van der Waals surface area contributed by atoms with Crippen molar-refractivity contribution in [1.29, 1.82) is 0 Å². The van der Waals surface area contributed by atoms with E-state index in [0.29, 0.717) is 36.0 Å². The molecule has 202 valence electrons. The van der Waals surface area contributed by atoms with Gasteiger partial charge in [0.25, 0.3) is 0 Å². The average Bonchev–Trinajstić information content (AvgIpc) is 3.41. The van der Waals surface area contributed by atoms with Crippen LogP contribution in [0.5, 0.6) is 11.5 Å². The second kappa shape index (κ2) is 11.7. The highest BCUT2D eigenvalue weighted by Gasteiger charge is 2.31. The lowest BCUT2D eigenvalue weighted by Crippen LogP contribution is -2.15. The van der Waals surface area contributed by atoms with Crippen molar-refractivity contribution >= 4 is 22.7 Å². The fraction of sp³-hybridized carbons (Fsp3) is 0.156. The molecule has 0 fully saturated rings. The summed E-state index contributed by atoms with van der Waals surface area (Å²) >= 11 is 0. The number of carbonyl (C=O) groups excluding carboxylic acids is 2. The van der Waals surface area contributed by atoms with Crippen LogP contribution in [0.4, 0.5) is 0 Å². The zero-order valence-electron chi connectivity index (χ0n) is 22.4. The van der Waals surface area contributed by atoms with Crippen molar-refractivity contribution in [3.8, 4) is 28.4 Å². The first-order valence-corrected chi connectivity index (χ1v) is 12.8.